The van der Waals surface area contributed by atoms with Crippen molar-refractivity contribution < 1.29 is 14.4 Å². The fourth-order valence-electron chi connectivity index (χ4n) is 3.45. The van der Waals surface area contributed by atoms with Gasteiger partial charge in [0.1, 0.15) is 0 Å². The van der Waals surface area contributed by atoms with E-state index in [9.17, 15) is 14.4 Å². The van der Waals surface area contributed by atoms with E-state index >= 15 is 0 Å². The summed E-state index contributed by atoms with van der Waals surface area (Å²) >= 11 is 0. The molecule has 2 aromatic carbocycles. The van der Waals surface area contributed by atoms with Crippen LogP contribution >= 0.6 is 0 Å². The van der Waals surface area contributed by atoms with Gasteiger partial charge in [0.2, 0.25) is 5.78 Å². The van der Waals surface area contributed by atoms with Crippen LogP contribution in [-0.4, -0.2) is 22.4 Å². The van der Waals surface area contributed by atoms with Gasteiger partial charge in [-0.3, -0.25) is 14.4 Å². The molecule has 4 rings (SSSR count). The molecular formula is C20H13NO3. The average molecular weight is 315 g/mol. The summed E-state index contributed by atoms with van der Waals surface area (Å²) in [6, 6.07) is 16.8. The van der Waals surface area contributed by atoms with E-state index in [0.29, 0.717) is 22.5 Å². The van der Waals surface area contributed by atoms with E-state index in [0.717, 1.165) is 11.3 Å². The number of Topliss-reactive ketones (excluding diaryl/α,β-unsaturated/α-hetero) is 1. The van der Waals surface area contributed by atoms with Crippen LogP contribution in [0.1, 0.15) is 32.0 Å². The first-order valence-corrected chi connectivity index (χ1v) is 7.59. The molecule has 0 aliphatic heterocycles. The fourth-order valence-corrected chi connectivity index (χ4v) is 3.45. The molecule has 0 unspecified atom stereocenters. The van der Waals surface area contributed by atoms with Gasteiger partial charge in [0.15, 0.2) is 12.1 Å². The molecule has 4 heteroatoms. The molecule has 0 saturated heterocycles. The van der Waals surface area contributed by atoms with Gasteiger partial charge in [-0.2, -0.15) is 0 Å². The second-order valence-electron chi connectivity index (χ2n) is 5.71. The minimum Gasteiger partial charge on any atom is -0.312 e. The monoisotopic (exact) mass is 315 g/mol. The summed E-state index contributed by atoms with van der Waals surface area (Å²) in [6.45, 7) is 1.76. The highest BCUT2D eigenvalue weighted by molar-refractivity contribution is 6.38. The van der Waals surface area contributed by atoms with Gasteiger partial charge in [0, 0.05) is 22.5 Å². The molecule has 24 heavy (non-hydrogen) atoms. The van der Waals surface area contributed by atoms with Crippen molar-refractivity contribution in [2.75, 3.05) is 0 Å². The Morgan fingerprint density at radius 1 is 0.958 bits per heavy atom. The standard InChI is InChI=1S/C20H13NO3/c1-12-17(16(23)11-22)18-19(21(12)13-7-3-2-4-8-13)14-9-5-6-10-15(14)20(18)24/h2-11H,1H3. The Labute approximate surface area is 138 Å². The van der Waals surface area contributed by atoms with Gasteiger partial charge < -0.3 is 4.57 Å². The van der Waals surface area contributed by atoms with Gasteiger partial charge in [-0.15, -0.1) is 0 Å². The van der Waals surface area contributed by atoms with Crippen molar-refractivity contribution in [2.24, 2.45) is 0 Å². The highest BCUT2D eigenvalue weighted by atomic mass is 16.2. The summed E-state index contributed by atoms with van der Waals surface area (Å²) in [5, 5.41) is 0. The Bertz CT molecular complexity index is 1010. The number of carbonyl (C=O) groups excluding carboxylic acids is 3. The van der Waals surface area contributed by atoms with Gasteiger partial charge in [-0.05, 0) is 19.1 Å². The Hall–Kier alpha value is -3.27. The number of carbonyl (C=O) groups is 3. The molecule has 0 N–H and O–H groups in total. The minimum absolute atomic E-state index is 0.199. The van der Waals surface area contributed by atoms with Crippen molar-refractivity contribution in [2.45, 2.75) is 6.92 Å². The summed E-state index contributed by atoms with van der Waals surface area (Å²) in [4.78, 5) is 36.2. The van der Waals surface area contributed by atoms with Crippen molar-refractivity contribution >= 4 is 17.9 Å². The highest BCUT2D eigenvalue weighted by Gasteiger charge is 2.37. The first kappa shape index (κ1) is 14.3. The number of para-hydroxylation sites is 1. The molecule has 0 saturated carbocycles. The minimum atomic E-state index is -0.667. The van der Waals surface area contributed by atoms with E-state index in [1.165, 1.54) is 0 Å². The van der Waals surface area contributed by atoms with Crippen LogP contribution in [0.5, 0.6) is 0 Å². The Morgan fingerprint density at radius 3 is 2.25 bits per heavy atom. The molecule has 0 fully saturated rings. The Kier molecular flexibility index (Phi) is 3.06. The molecule has 1 aliphatic rings. The normalized spacial score (nSPS) is 12.0. The maximum absolute atomic E-state index is 12.8. The van der Waals surface area contributed by atoms with E-state index in [2.05, 4.69) is 0 Å². The van der Waals surface area contributed by atoms with Crippen LogP contribution in [0.3, 0.4) is 0 Å². The highest BCUT2D eigenvalue weighted by Crippen LogP contribution is 2.42. The summed E-state index contributed by atoms with van der Waals surface area (Å²) in [5.41, 5.74) is 4.01. The van der Waals surface area contributed by atoms with Crippen molar-refractivity contribution in [3.05, 3.63) is 77.0 Å². The third-order valence-corrected chi connectivity index (χ3v) is 4.43. The molecule has 0 atom stereocenters. The zero-order valence-electron chi connectivity index (χ0n) is 12.9. The Morgan fingerprint density at radius 2 is 1.58 bits per heavy atom. The molecule has 0 amide bonds. The lowest BCUT2D eigenvalue weighted by Crippen LogP contribution is -2.08. The van der Waals surface area contributed by atoms with E-state index in [1.54, 1.807) is 19.1 Å². The number of ketones is 2. The zero-order chi connectivity index (χ0) is 16.8. The molecule has 3 aromatic rings. The maximum Gasteiger partial charge on any atom is 0.227 e. The van der Waals surface area contributed by atoms with Gasteiger partial charge in [0.05, 0.1) is 16.8 Å². The van der Waals surface area contributed by atoms with Gasteiger partial charge in [-0.25, -0.2) is 0 Å². The van der Waals surface area contributed by atoms with Crippen LogP contribution in [0.2, 0.25) is 0 Å². The molecule has 4 nitrogen and oxygen atoms in total. The SMILES string of the molecule is Cc1c(C(=O)C=O)c2c(n1-c1ccccc1)-c1ccccc1C2=O. The lowest BCUT2D eigenvalue weighted by molar-refractivity contribution is -0.104. The van der Waals surface area contributed by atoms with Crippen LogP contribution in [0.15, 0.2) is 54.6 Å². The van der Waals surface area contributed by atoms with Crippen molar-refractivity contribution in [1.29, 1.82) is 0 Å². The number of nitrogens with zero attached hydrogens (tertiary/aromatic N) is 1. The van der Waals surface area contributed by atoms with Crippen molar-refractivity contribution in [3.8, 4) is 16.9 Å². The lowest BCUT2D eigenvalue weighted by Gasteiger charge is -2.11. The number of rotatable bonds is 3. The largest absolute Gasteiger partial charge is 0.312 e. The fraction of sp³-hybridized carbons (Fsp3) is 0.0500. The van der Waals surface area contributed by atoms with Crippen LogP contribution in [0.25, 0.3) is 16.9 Å². The van der Waals surface area contributed by atoms with Crippen molar-refractivity contribution in [1.82, 2.24) is 4.57 Å². The van der Waals surface area contributed by atoms with Crippen molar-refractivity contribution in [3.63, 3.8) is 0 Å². The average Bonchev–Trinajstić information content (AvgIpc) is 3.08. The summed E-state index contributed by atoms with van der Waals surface area (Å²) in [6.07, 6.45) is 0.272. The van der Waals surface area contributed by atoms with Crippen LogP contribution < -0.4 is 0 Å². The smallest absolute Gasteiger partial charge is 0.227 e. The second-order valence-corrected chi connectivity index (χ2v) is 5.71. The number of hydrogen-bond donors (Lipinski definition) is 0. The maximum atomic E-state index is 12.8. The Balaban J connectivity index is 2.15. The number of aldehydes is 1. The van der Waals surface area contributed by atoms with E-state index in [-0.39, 0.29) is 17.6 Å². The van der Waals surface area contributed by atoms with Gasteiger partial charge in [0.25, 0.3) is 0 Å². The van der Waals surface area contributed by atoms with E-state index in [1.807, 2.05) is 47.0 Å². The summed E-state index contributed by atoms with van der Waals surface area (Å²) in [5.74, 6) is -0.872. The topological polar surface area (TPSA) is 56.1 Å². The molecule has 0 spiro atoms. The summed E-state index contributed by atoms with van der Waals surface area (Å²) in [7, 11) is 0. The first-order chi connectivity index (χ1) is 11.6. The number of fused-ring (bicyclic) bond motifs is 3. The molecule has 1 aliphatic carbocycles. The molecule has 0 bridgehead atoms. The second kappa shape index (κ2) is 5.13. The third kappa shape index (κ3) is 1.77. The molecular weight excluding hydrogens is 302 g/mol. The lowest BCUT2D eigenvalue weighted by atomic mass is 10.0. The van der Waals surface area contributed by atoms with Gasteiger partial charge >= 0.3 is 0 Å². The number of hydrogen-bond acceptors (Lipinski definition) is 3. The van der Waals surface area contributed by atoms with Crippen LogP contribution in [-0.2, 0) is 4.79 Å². The molecule has 1 heterocycles. The van der Waals surface area contributed by atoms with Gasteiger partial charge in [-0.1, -0.05) is 42.5 Å². The third-order valence-electron chi connectivity index (χ3n) is 4.43. The molecule has 116 valence electrons. The van der Waals surface area contributed by atoms with E-state index < -0.39 is 5.78 Å². The zero-order valence-corrected chi connectivity index (χ0v) is 12.9. The van der Waals surface area contributed by atoms with Crippen LogP contribution in [0, 0.1) is 6.92 Å². The predicted molar refractivity (Wildman–Crippen MR) is 89.8 cm³/mol. The first-order valence-electron chi connectivity index (χ1n) is 7.59. The molecule has 0 radical (unpaired) electrons. The summed E-state index contributed by atoms with van der Waals surface area (Å²) < 4.78 is 1.88. The quantitative estimate of drug-likeness (QED) is 0.331. The molecule has 1 aromatic heterocycles. The predicted octanol–water partition coefficient (Wildman–Crippen LogP) is 3.38. The number of benzene rings is 2. The van der Waals surface area contributed by atoms with Crippen LogP contribution in [0.4, 0.5) is 0 Å². The van der Waals surface area contributed by atoms with E-state index in [4.69, 9.17) is 0 Å². The number of aromatic nitrogens is 1.